The van der Waals surface area contributed by atoms with Crippen LogP contribution in [0.5, 0.6) is 0 Å². The molecule has 1 N–H and O–H groups in total. The summed E-state index contributed by atoms with van der Waals surface area (Å²) < 4.78 is 13.0. The number of halogens is 1. The molecule has 2 saturated heterocycles. The highest BCUT2D eigenvalue weighted by atomic mass is 19.1. The number of likely N-dealkylation sites (tertiary alicyclic amines) is 1. The summed E-state index contributed by atoms with van der Waals surface area (Å²) in [6.07, 6.45) is 4.09. The molecule has 0 bridgehead atoms. The standard InChI is InChI=1S/C16H23FN2/c17-15-6-4-13(5-7-15)16-11-18-10-14(16)12-19-8-2-1-3-9-19/h4-7,14,16,18H,1-3,8-12H2. The predicted octanol–water partition coefficient (Wildman–Crippen LogP) is 2.61. The summed E-state index contributed by atoms with van der Waals surface area (Å²) in [6.45, 7) is 5.83. The third-order valence-electron chi connectivity index (χ3n) is 4.58. The monoisotopic (exact) mass is 262 g/mol. The van der Waals surface area contributed by atoms with E-state index in [0.29, 0.717) is 11.8 Å². The number of hydrogen-bond donors (Lipinski definition) is 1. The quantitative estimate of drug-likeness (QED) is 0.901. The SMILES string of the molecule is Fc1ccc(C2CNCC2CN2CCCCC2)cc1. The smallest absolute Gasteiger partial charge is 0.123 e. The molecule has 2 unspecified atom stereocenters. The van der Waals surface area contributed by atoms with Crippen LogP contribution in [0.2, 0.25) is 0 Å². The van der Waals surface area contributed by atoms with Crippen LogP contribution in [0.1, 0.15) is 30.7 Å². The Bertz CT molecular complexity index is 398. The van der Waals surface area contributed by atoms with E-state index >= 15 is 0 Å². The molecule has 0 aliphatic carbocycles. The number of rotatable bonds is 3. The fourth-order valence-electron chi connectivity index (χ4n) is 3.50. The lowest BCUT2D eigenvalue weighted by Crippen LogP contribution is -2.36. The Labute approximate surface area is 115 Å². The predicted molar refractivity (Wildman–Crippen MR) is 75.8 cm³/mol. The van der Waals surface area contributed by atoms with Gasteiger partial charge in [-0.15, -0.1) is 0 Å². The van der Waals surface area contributed by atoms with Crippen molar-refractivity contribution in [1.82, 2.24) is 10.2 Å². The van der Waals surface area contributed by atoms with Gasteiger partial charge in [-0.05, 0) is 56.1 Å². The highest BCUT2D eigenvalue weighted by molar-refractivity contribution is 5.23. The number of nitrogens with one attached hydrogen (secondary N) is 1. The van der Waals surface area contributed by atoms with Crippen molar-refractivity contribution >= 4 is 0 Å². The first-order valence-corrected chi connectivity index (χ1v) is 7.51. The van der Waals surface area contributed by atoms with Gasteiger partial charge >= 0.3 is 0 Å². The molecule has 0 aromatic heterocycles. The maximum Gasteiger partial charge on any atom is 0.123 e. The molecule has 104 valence electrons. The number of hydrogen-bond acceptors (Lipinski definition) is 2. The number of piperidine rings is 1. The Morgan fingerprint density at radius 2 is 1.79 bits per heavy atom. The fourth-order valence-corrected chi connectivity index (χ4v) is 3.50. The van der Waals surface area contributed by atoms with Crippen molar-refractivity contribution in [2.24, 2.45) is 5.92 Å². The fraction of sp³-hybridized carbons (Fsp3) is 0.625. The zero-order chi connectivity index (χ0) is 13.1. The van der Waals surface area contributed by atoms with Crippen molar-refractivity contribution in [3.05, 3.63) is 35.6 Å². The second-order valence-electron chi connectivity index (χ2n) is 5.94. The second-order valence-corrected chi connectivity index (χ2v) is 5.94. The van der Waals surface area contributed by atoms with Gasteiger partial charge in [0.05, 0.1) is 0 Å². The minimum Gasteiger partial charge on any atom is -0.316 e. The summed E-state index contributed by atoms with van der Waals surface area (Å²) in [6, 6.07) is 7.09. The van der Waals surface area contributed by atoms with E-state index in [-0.39, 0.29) is 5.82 Å². The molecular weight excluding hydrogens is 239 g/mol. The van der Waals surface area contributed by atoms with Gasteiger partial charge in [0, 0.05) is 19.0 Å². The Hall–Kier alpha value is -0.930. The van der Waals surface area contributed by atoms with E-state index < -0.39 is 0 Å². The minimum absolute atomic E-state index is 0.137. The van der Waals surface area contributed by atoms with Gasteiger partial charge in [0.25, 0.3) is 0 Å². The lowest BCUT2D eigenvalue weighted by atomic mass is 9.88. The van der Waals surface area contributed by atoms with Gasteiger partial charge < -0.3 is 10.2 Å². The maximum atomic E-state index is 13.0. The van der Waals surface area contributed by atoms with E-state index in [9.17, 15) is 4.39 Å². The molecule has 3 rings (SSSR count). The zero-order valence-electron chi connectivity index (χ0n) is 11.4. The normalized spacial score (nSPS) is 28.7. The lowest BCUT2D eigenvalue weighted by molar-refractivity contribution is 0.194. The van der Waals surface area contributed by atoms with Gasteiger partial charge in [0.15, 0.2) is 0 Å². The third kappa shape index (κ3) is 3.15. The summed E-state index contributed by atoms with van der Waals surface area (Å²) in [5.74, 6) is 1.08. The van der Waals surface area contributed by atoms with Crippen LogP contribution in [-0.4, -0.2) is 37.6 Å². The summed E-state index contributed by atoms with van der Waals surface area (Å²) in [4.78, 5) is 2.61. The van der Waals surface area contributed by atoms with Crippen molar-refractivity contribution in [3.63, 3.8) is 0 Å². The molecule has 0 radical (unpaired) electrons. The van der Waals surface area contributed by atoms with Crippen molar-refractivity contribution in [2.75, 3.05) is 32.7 Å². The summed E-state index contributed by atoms with van der Waals surface area (Å²) in [7, 11) is 0. The van der Waals surface area contributed by atoms with Gasteiger partial charge in [-0.1, -0.05) is 18.6 Å². The van der Waals surface area contributed by atoms with Crippen LogP contribution in [0.25, 0.3) is 0 Å². The summed E-state index contributed by atoms with van der Waals surface area (Å²) >= 11 is 0. The van der Waals surface area contributed by atoms with Crippen LogP contribution in [-0.2, 0) is 0 Å². The third-order valence-corrected chi connectivity index (χ3v) is 4.58. The van der Waals surface area contributed by atoms with Crippen molar-refractivity contribution < 1.29 is 4.39 Å². The Morgan fingerprint density at radius 1 is 1.05 bits per heavy atom. The molecule has 2 atom stereocenters. The Balaban J connectivity index is 1.65. The van der Waals surface area contributed by atoms with E-state index in [4.69, 9.17) is 0 Å². The number of nitrogens with zero attached hydrogens (tertiary/aromatic N) is 1. The molecule has 2 nitrogen and oxygen atoms in total. The molecule has 0 amide bonds. The van der Waals surface area contributed by atoms with Gasteiger partial charge in [0.2, 0.25) is 0 Å². The van der Waals surface area contributed by atoms with Gasteiger partial charge in [-0.25, -0.2) is 4.39 Å². The molecule has 19 heavy (non-hydrogen) atoms. The Morgan fingerprint density at radius 3 is 2.53 bits per heavy atom. The van der Waals surface area contributed by atoms with Crippen molar-refractivity contribution in [3.8, 4) is 0 Å². The molecule has 2 heterocycles. The first kappa shape index (κ1) is 13.1. The van der Waals surface area contributed by atoms with Crippen molar-refractivity contribution in [1.29, 1.82) is 0 Å². The molecule has 0 spiro atoms. The van der Waals surface area contributed by atoms with Crippen LogP contribution < -0.4 is 5.32 Å². The average Bonchev–Trinajstić information content (AvgIpc) is 2.89. The van der Waals surface area contributed by atoms with Crippen LogP contribution in [0.15, 0.2) is 24.3 Å². The molecule has 1 aromatic rings. The number of benzene rings is 1. The van der Waals surface area contributed by atoms with Crippen LogP contribution in [0, 0.1) is 11.7 Å². The highest BCUT2D eigenvalue weighted by Gasteiger charge is 2.30. The van der Waals surface area contributed by atoms with E-state index in [1.165, 1.54) is 44.5 Å². The first-order chi connectivity index (χ1) is 9.33. The van der Waals surface area contributed by atoms with Gasteiger partial charge in [0.1, 0.15) is 5.82 Å². The summed E-state index contributed by atoms with van der Waals surface area (Å²) in [5, 5.41) is 3.50. The van der Waals surface area contributed by atoms with E-state index in [1.54, 1.807) is 12.1 Å². The van der Waals surface area contributed by atoms with E-state index in [1.807, 2.05) is 12.1 Å². The highest BCUT2D eigenvalue weighted by Crippen LogP contribution is 2.29. The topological polar surface area (TPSA) is 15.3 Å². The van der Waals surface area contributed by atoms with E-state index in [2.05, 4.69) is 10.2 Å². The largest absolute Gasteiger partial charge is 0.316 e. The van der Waals surface area contributed by atoms with Crippen LogP contribution in [0.4, 0.5) is 4.39 Å². The molecule has 2 aliphatic rings. The zero-order valence-corrected chi connectivity index (χ0v) is 11.4. The molecule has 0 saturated carbocycles. The van der Waals surface area contributed by atoms with Gasteiger partial charge in [-0.3, -0.25) is 0 Å². The molecule has 3 heteroatoms. The second kappa shape index (κ2) is 6.02. The van der Waals surface area contributed by atoms with Crippen LogP contribution in [0.3, 0.4) is 0 Å². The first-order valence-electron chi connectivity index (χ1n) is 7.51. The molecule has 1 aromatic carbocycles. The Kier molecular flexibility index (Phi) is 4.14. The molecule has 2 aliphatic heterocycles. The lowest BCUT2D eigenvalue weighted by Gasteiger charge is -2.31. The molecule has 2 fully saturated rings. The van der Waals surface area contributed by atoms with Gasteiger partial charge in [-0.2, -0.15) is 0 Å². The van der Waals surface area contributed by atoms with Crippen LogP contribution >= 0.6 is 0 Å². The minimum atomic E-state index is -0.137. The molecular formula is C16H23FN2. The summed E-state index contributed by atoms with van der Waals surface area (Å²) in [5.41, 5.74) is 1.29. The average molecular weight is 262 g/mol. The maximum absolute atomic E-state index is 13.0. The van der Waals surface area contributed by atoms with Crippen molar-refractivity contribution in [2.45, 2.75) is 25.2 Å². The van der Waals surface area contributed by atoms with E-state index in [0.717, 1.165) is 13.1 Å².